The number of carbonyl (C=O) groups is 1. The molecule has 0 saturated heterocycles. The molecule has 21 heavy (non-hydrogen) atoms. The van der Waals surface area contributed by atoms with Gasteiger partial charge in [0.1, 0.15) is 0 Å². The number of aliphatic hydroxyl groups excluding tert-OH is 1. The molecule has 7 nitrogen and oxygen atoms in total. The molecular weight excluding hydrogens is 276 g/mol. The van der Waals surface area contributed by atoms with Crippen LogP contribution in [0.15, 0.2) is 29.8 Å². The van der Waals surface area contributed by atoms with Gasteiger partial charge in [0.05, 0.1) is 24.2 Å². The summed E-state index contributed by atoms with van der Waals surface area (Å²) in [6.07, 6.45) is 1.61. The fraction of sp³-hybridized carbons (Fsp3) is 0.357. The van der Waals surface area contributed by atoms with E-state index in [1.807, 2.05) is 0 Å². The summed E-state index contributed by atoms with van der Waals surface area (Å²) < 4.78 is 4.72. The predicted octanol–water partition coefficient (Wildman–Crippen LogP) is 1.08. The van der Waals surface area contributed by atoms with Gasteiger partial charge in [-0.05, 0) is 30.8 Å². The first-order chi connectivity index (χ1) is 9.97. The highest BCUT2D eigenvalue weighted by Crippen LogP contribution is 2.15. The summed E-state index contributed by atoms with van der Waals surface area (Å²) in [5, 5.41) is 19.5. The minimum atomic E-state index is -0.482. The average Bonchev–Trinajstić information content (AvgIpc) is 2.46. The summed E-state index contributed by atoms with van der Waals surface area (Å²) in [4.78, 5) is 23.6. The van der Waals surface area contributed by atoms with Crippen molar-refractivity contribution >= 4 is 17.7 Å². The van der Waals surface area contributed by atoms with Crippen molar-refractivity contribution < 1.29 is 19.6 Å². The van der Waals surface area contributed by atoms with E-state index in [1.165, 1.54) is 19.2 Å². The zero-order valence-corrected chi connectivity index (χ0v) is 12.0. The second-order valence-corrected chi connectivity index (χ2v) is 4.47. The number of likely N-dealkylation sites (N-methyl/N-ethyl adjacent to an activating group) is 1. The Bertz CT molecular complexity index is 525. The van der Waals surface area contributed by atoms with E-state index >= 15 is 0 Å². The quantitative estimate of drug-likeness (QED) is 0.350. The summed E-state index contributed by atoms with van der Waals surface area (Å²) in [6, 6.07) is 5.87. The van der Waals surface area contributed by atoms with Gasteiger partial charge in [0.25, 0.3) is 5.69 Å². The second-order valence-electron chi connectivity index (χ2n) is 4.47. The zero-order chi connectivity index (χ0) is 15.8. The normalized spacial score (nSPS) is 11.5. The minimum absolute atomic E-state index is 0.0100. The fourth-order valence-corrected chi connectivity index (χ4v) is 1.73. The van der Waals surface area contributed by atoms with E-state index < -0.39 is 10.9 Å². The first kappa shape index (κ1) is 16.8. The molecule has 0 unspecified atom stereocenters. The molecule has 0 radical (unpaired) electrons. The van der Waals surface area contributed by atoms with Crippen LogP contribution in [0.1, 0.15) is 5.56 Å². The standard InChI is InChI=1S/C14H18N2O5/c1-15(7-8-17)10-12(14(18)21-2)9-11-3-5-13(6-4-11)16(19)20/h3-6,9,17H,7-8,10H2,1-2H3/b12-9+. The Labute approximate surface area is 122 Å². The van der Waals surface area contributed by atoms with Crippen molar-refractivity contribution in [2.45, 2.75) is 0 Å². The highest BCUT2D eigenvalue weighted by Gasteiger charge is 2.13. The number of methoxy groups -OCH3 is 1. The summed E-state index contributed by atoms with van der Waals surface area (Å²) in [5.41, 5.74) is 1.06. The topological polar surface area (TPSA) is 92.9 Å². The monoisotopic (exact) mass is 294 g/mol. The van der Waals surface area contributed by atoms with Gasteiger partial charge in [0.15, 0.2) is 0 Å². The Morgan fingerprint density at radius 2 is 2.05 bits per heavy atom. The van der Waals surface area contributed by atoms with Crippen LogP contribution < -0.4 is 0 Å². The maximum absolute atomic E-state index is 11.7. The van der Waals surface area contributed by atoms with Crippen LogP contribution in [0.25, 0.3) is 6.08 Å². The summed E-state index contributed by atoms with van der Waals surface area (Å²) in [5.74, 6) is -0.474. The highest BCUT2D eigenvalue weighted by molar-refractivity contribution is 5.94. The molecule has 0 aliphatic heterocycles. The first-order valence-electron chi connectivity index (χ1n) is 6.30. The summed E-state index contributed by atoms with van der Waals surface area (Å²) in [7, 11) is 3.06. The van der Waals surface area contributed by atoms with E-state index in [9.17, 15) is 14.9 Å². The molecule has 0 heterocycles. The molecule has 0 aliphatic carbocycles. The predicted molar refractivity (Wildman–Crippen MR) is 77.7 cm³/mol. The van der Waals surface area contributed by atoms with Gasteiger partial charge in [0.2, 0.25) is 0 Å². The van der Waals surface area contributed by atoms with Gasteiger partial charge in [-0.25, -0.2) is 4.79 Å². The van der Waals surface area contributed by atoms with Crippen LogP contribution in [0.4, 0.5) is 5.69 Å². The Morgan fingerprint density at radius 1 is 1.43 bits per heavy atom. The Kier molecular flexibility index (Phi) is 6.51. The number of nitro benzene ring substituents is 1. The van der Waals surface area contributed by atoms with Gasteiger partial charge in [0, 0.05) is 25.2 Å². The van der Waals surface area contributed by atoms with Crippen LogP contribution in [-0.2, 0) is 9.53 Å². The number of hydrogen-bond acceptors (Lipinski definition) is 6. The summed E-state index contributed by atoms with van der Waals surface area (Å²) in [6.45, 7) is 0.724. The lowest BCUT2D eigenvalue weighted by Crippen LogP contribution is -2.27. The van der Waals surface area contributed by atoms with Gasteiger partial charge in [-0.2, -0.15) is 0 Å². The smallest absolute Gasteiger partial charge is 0.335 e. The molecule has 114 valence electrons. The molecule has 0 aliphatic rings. The molecule has 1 rings (SSSR count). The number of nitro groups is 1. The van der Waals surface area contributed by atoms with Gasteiger partial charge < -0.3 is 9.84 Å². The minimum Gasteiger partial charge on any atom is -0.466 e. The average molecular weight is 294 g/mol. The largest absolute Gasteiger partial charge is 0.466 e. The zero-order valence-electron chi connectivity index (χ0n) is 12.0. The van der Waals surface area contributed by atoms with Crippen molar-refractivity contribution in [3.8, 4) is 0 Å². The number of nitrogens with zero attached hydrogens (tertiary/aromatic N) is 2. The third-order valence-electron chi connectivity index (χ3n) is 2.81. The molecule has 1 aromatic rings. The lowest BCUT2D eigenvalue weighted by Gasteiger charge is -2.16. The Balaban J connectivity index is 2.96. The number of rotatable bonds is 7. The molecule has 0 aromatic heterocycles. The van der Waals surface area contributed by atoms with Crippen LogP contribution in [0.2, 0.25) is 0 Å². The molecule has 0 bridgehead atoms. The first-order valence-corrected chi connectivity index (χ1v) is 6.30. The van der Waals surface area contributed by atoms with Crippen LogP contribution in [0, 0.1) is 10.1 Å². The number of aliphatic hydroxyl groups is 1. The number of non-ortho nitro benzene ring substituents is 1. The van der Waals surface area contributed by atoms with Gasteiger partial charge in [-0.1, -0.05) is 0 Å². The number of benzene rings is 1. The van der Waals surface area contributed by atoms with Crippen molar-refractivity contribution in [2.75, 3.05) is 33.9 Å². The number of esters is 1. The third-order valence-corrected chi connectivity index (χ3v) is 2.81. The molecule has 1 aromatic carbocycles. The van der Waals surface area contributed by atoms with E-state index in [4.69, 9.17) is 9.84 Å². The molecule has 7 heteroatoms. The molecule has 0 atom stereocenters. The molecule has 1 N–H and O–H groups in total. The van der Waals surface area contributed by atoms with Gasteiger partial charge >= 0.3 is 5.97 Å². The molecular formula is C14H18N2O5. The van der Waals surface area contributed by atoms with Gasteiger partial charge in [-0.15, -0.1) is 0 Å². The maximum Gasteiger partial charge on any atom is 0.335 e. The molecule has 0 spiro atoms. The van der Waals surface area contributed by atoms with Crippen LogP contribution in [0.3, 0.4) is 0 Å². The lowest BCUT2D eigenvalue weighted by molar-refractivity contribution is -0.384. The SMILES string of the molecule is COC(=O)/C(=C/c1ccc([N+](=O)[O-])cc1)CN(C)CCO. The van der Waals surface area contributed by atoms with E-state index in [0.29, 0.717) is 24.2 Å². The van der Waals surface area contributed by atoms with E-state index in [1.54, 1.807) is 30.2 Å². The van der Waals surface area contributed by atoms with E-state index in [2.05, 4.69) is 0 Å². The van der Waals surface area contributed by atoms with Crippen molar-refractivity contribution in [1.82, 2.24) is 4.90 Å². The third kappa shape index (κ3) is 5.33. The Morgan fingerprint density at radius 3 is 2.52 bits per heavy atom. The second kappa shape index (κ2) is 8.13. The highest BCUT2D eigenvalue weighted by atomic mass is 16.6. The number of hydrogen-bond donors (Lipinski definition) is 1. The molecule has 0 amide bonds. The van der Waals surface area contributed by atoms with Crippen LogP contribution >= 0.6 is 0 Å². The maximum atomic E-state index is 11.7. The molecule has 0 saturated carbocycles. The van der Waals surface area contributed by atoms with Crippen molar-refractivity contribution in [2.24, 2.45) is 0 Å². The van der Waals surface area contributed by atoms with Crippen LogP contribution in [0.5, 0.6) is 0 Å². The van der Waals surface area contributed by atoms with Crippen LogP contribution in [-0.4, -0.2) is 54.8 Å². The fourth-order valence-electron chi connectivity index (χ4n) is 1.73. The van der Waals surface area contributed by atoms with Crippen molar-refractivity contribution in [3.05, 3.63) is 45.5 Å². The Hall–Kier alpha value is -2.25. The number of carbonyl (C=O) groups excluding carboxylic acids is 1. The summed E-state index contributed by atoms with van der Waals surface area (Å²) >= 11 is 0. The van der Waals surface area contributed by atoms with Crippen molar-refractivity contribution in [3.63, 3.8) is 0 Å². The van der Waals surface area contributed by atoms with Crippen molar-refractivity contribution in [1.29, 1.82) is 0 Å². The van der Waals surface area contributed by atoms with E-state index in [-0.39, 0.29) is 12.3 Å². The number of ether oxygens (including phenoxy) is 1. The van der Waals surface area contributed by atoms with Gasteiger partial charge in [-0.3, -0.25) is 15.0 Å². The van der Waals surface area contributed by atoms with E-state index in [0.717, 1.165) is 0 Å². The lowest BCUT2D eigenvalue weighted by atomic mass is 10.1. The molecule has 0 fully saturated rings.